The minimum atomic E-state index is -0.0279. The van der Waals surface area contributed by atoms with Crippen LogP contribution in [0.4, 0.5) is 5.69 Å². The Hall–Kier alpha value is -1.55. The third-order valence-electron chi connectivity index (χ3n) is 5.37. The molecule has 0 aromatic heterocycles. The molecule has 1 aromatic carbocycles. The van der Waals surface area contributed by atoms with Gasteiger partial charge in [0.15, 0.2) is 0 Å². The van der Waals surface area contributed by atoms with E-state index in [0.29, 0.717) is 12.3 Å². The summed E-state index contributed by atoms with van der Waals surface area (Å²) in [7, 11) is 1.61. The van der Waals surface area contributed by atoms with E-state index in [4.69, 9.17) is 4.74 Å². The van der Waals surface area contributed by atoms with Crippen LogP contribution in [-0.4, -0.2) is 26.1 Å². The summed E-state index contributed by atoms with van der Waals surface area (Å²) in [5.74, 6) is 0.660. The van der Waals surface area contributed by atoms with Gasteiger partial charge in [-0.2, -0.15) is 0 Å². The molecule has 0 radical (unpaired) electrons. The number of methoxy groups -OCH3 is 1. The van der Waals surface area contributed by atoms with Crippen LogP contribution in [0, 0.1) is 0 Å². The average molecular weight is 405 g/mol. The molecule has 4 heteroatoms. The van der Waals surface area contributed by atoms with Gasteiger partial charge in [0, 0.05) is 0 Å². The largest absolute Gasteiger partial charge is 0.495 e. The Morgan fingerprint density at radius 3 is 1.86 bits per heavy atom. The maximum atomic E-state index is 12.0. The second-order valence-corrected chi connectivity index (χ2v) is 8.02. The zero-order valence-electron chi connectivity index (χ0n) is 18.9. The number of hydrogen-bond acceptors (Lipinski definition) is 3. The molecule has 2 N–H and O–H groups in total. The van der Waals surface area contributed by atoms with E-state index >= 15 is 0 Å². The van der Waals surface area contributed by atoms with E-state index < -0.39 is 0 Å². The van der Waals surface area contributed by atoms with Crippen molar-refractivity contribution in [3.63, 3.8) is 0 Å². The normalized spacial score (nSPS) is 10.8. The molecular weight excluding hydrogens is 360 g/mol. The lowest BCUT2D eigenvalue weighted by atomic mass is 10.0. The van der Waals surface area contributed by atoms with Crippen molar-refractivity contribution in [3.05, 3.63) is 24.3 Å². The minimum Gasteiger partial charge on any atom is -0.495 e. The number of nitrogens with one attached hydrogen (secondary N) is 2. The van der Waals surface area contributed by atoms with Crippen LogP contribution in [0.3, 0.4) is 0 Å². The predicted octanol–water partition coefficient (Wildman–Crippen LogP) is 6.70. The Bertz CT molecular complexity index is 519. The molecule has 0 fully saturated rings. The second-order valence-electron chi connectivity index (χ2n) is 8.02. The van der Waals surface area contributed by atoms with Crippen molar-refractivity contribution in [2.45, 2.75) is 96.8 Å². The van der Waals surface area contributed by atoms with Gasteiger partial charge in [-0.3, -0.25) is 4.79 Å². The summed E-state index contributed by atoms with van der Waals surface area (Å²) in [4.78, 5) is 12.0. The van der Waals surface area contributed by atoms with Gasteiger partial charge in [0.1, 0.15) is 5.75 Å². The number of unbranched alkanes of at least 4 members (excludes halogenated alkanes) is 13. The second kappa shape index (κ2) is 18.5. The number of amides is 1. The lowest BCUT2D eigenvalue weighted by Gasteiger charge is -2.10. The predicted molar refractivity (Wildman–Crippen MR) is 125 cm³/mol. The first-order chi connectivity index (χ1) is 14.3. The topological polar surface area (TPSA) is 50.4 Å². The summed E-state index contributed by atoms with van der Waals surface area (Å²) < 4.78 is 5.25. The molecule has 0 aliphatic carbocycles. The van der Waals surface area contributed by atoms with E-state index in [2.05, 4.69) is 17.6 Å². The smallest absolute Gasteiger partial charge is 0.238 e. The molecule has 0 saturated heterocycles. The summed E-state index contributed by atoms with van der Waals surface area (Å²) >= 11 is 0. The summed E-state index contributed by atoms with van der Waals surface area (Å²) in [6.07, 6.45) is 19.1. The highest BCUT2D eigenvalue weighted by molar-refractivity contribution is 5.93. The van der Waals surface area contributed by atoms with Crippen LogP contribution in [0.15, 0.2) is 24.3 Å². The highest BCUT2D eigenvalue weighted by atomic mass is 16.5. The number of benzene rings is 1. The van der Waals surface area contributed by atoms with Gasteiger partial charge in [-0.15, -0.1) is 0 Å². The van der Waals surface area contributed by atoms with Crippen molar-refractivity contribution in [1.29, 1.82) is 0 Å². The first kappa shape index (κ1) is 25.5. The zero-order valence-corrected chi connectivity index (χ0v) is 18.9. The quantitative estimate of drug-likeness (QED) is 0.252. The molecule has 0 aliphatic heterocycles. The lowest BCUT2D eigenvalue weighted by Crippen LogP contribution is -2.28. The fourth-order valence-electron chi connectivity index (χ4n) is 3.59. The number of ether oxygens (including phenoxy) is 1. The van der Waals surface area contributed by atoms with Crippen molar-refractivity contribution in [1.82, 2.24) is 5.32 Å². The van der Waals surface area contributed by atoms with Crippen molar-refractivity contribution >= 4 is 11.6 Å². The third kappa shape index (κ3) is 14.1. The molecule has 0 saturated carbocycles. The van der Waals surface area contributed by atoms with Crippen molar-refractivity contribution in [2.24, 2.45) is 0 Å². The molecule has 29 heavy (non-hydrogen) atoms. The molecule has 166 valence electrons. The molecule has 0 atom stereocenters. The maximum absolute atomic E-state index is 12.0. The molecular formula is C25H44N2O2. The van der Waals surface area contributed by atoms with Gasteiger partial charge in [-0.05, 0) is 25.1 Å². The Balaban J connectivity index is 1.85. The number of hydrogen-bond donors (Lipinski definition) is 2. The van der Waals surface area contributed by atoms with E-state index in [1.807, 2.05) is 24.3 Å². The van der Waals surface area contributed by atoms with E-state index in [9.17, 15) is 4.79 Å². The standard InChI is InChI=1S/C25H44N2O2/c1-3-4-5-6-7-8-9-10-11-12-13-14-15-18-21-26-22-25(28)27-23-19-16-17-20-24(23)29-2/h16-17,19-20,26H,3-15,18,21-22H2,1-2H3,(H,27,28). The number of carbonyl (C=O) groups excluding carboxylic acids is 1. The summed E-state index contributed by atoms with van der Waals surface area (Å²) in [5.41, 5.74) is 0.721. The van der Waals surface area contributed by atoms with Gasteiger partial charge in [0.05, 0.1) is 19.3 Å². The fraction of sp³-hybridized carbons (Fsp3) is 0.720. The summed E-state index contributed by atoms with van der Waals surface area (Å²) in [6.45, 7) is 3.52. The van der Waals surface area contributed by atoms with E-state index in [-0.39, 0.29) is 5.91 Å². The van der Waals surface area contributed by atoms with Crippen LogP contribution >= 0.6 is 0 Å². The Kier molecular flexibility index (Phi) is 16.2. The summed E-state index contributed by atoms with van der Waals surface area (Å²) in [6, 6.07) is 7.48. The average Bonchev–Trinajstić information content (AvgIpc) is 2.74. The molecule has 0 aliphatic rings. The number of para-hydroxylation sites is 2. The molecule has 0 heterocycles. The van der Waals surface area contributed by atoms with Crippen LogP contribution in [0.25, 0.3) is 0 Å². The Morgan fingerprint density at radius 1 is 0.793 bits per heavy atom. The number of anilines is 1. The van der Waals surface area contributed by atoms with Crippen molar-refractivity contribution < 1.29 is 9.53 Å². The number of carbonyl (C=O) groups is 1. The Labute approximate surface area is 179 Å². The first-order valence-electron chi connectivity index (χ1n) is 11.9. The highest BCUT2D eigenvalue weighted by Gasteiger charge is 2.06. The van der Waals surface area contributed by atoms with Crippen molar-refractivity contribution in [3.8, 4) is 5.75 Å². The number of rotatable bonds is 19. The minimum absolute atomic E-state index is 0.0279. The molecule has 1 aromatic rings. The first-order valence-corrected chi connectivity index (χ1v) is 11.9. The third-order valence-corrected chi connectivity index (χ3v) is 5.37. The van der Waals surface area contributed by atoms with Crippen LogP contribution in [-0.2, 0) is 4.79 Å². The lowest BCUT2D eigenvalue weighted by molar-refractivity contribution is -0.115. The molecule has 0 unspecified atom stereocenters. The summed E-state index contributed by atoms with van der Waals surface area (Å²) in [5, 5.41) is 6.12. The SMILES string of the molecule is CCCCCCCCCCCCCCCCNCC(=O)Nc1ccccc1OC. The van der Waals surface area contributed by atoms with Crippen LogP contribution in [0.2, 0.25) is 0 Å². The van der Waals surface area contributed by atoms with Gasteiger partial charge in [0.25, 0.3) is 0 Å². The van der Waals surface area contributed by atoms with Crippen molar-refractivity contribution in [2.75, 3.05) is 25.5 Å². The van der Waals surface area contributed by atoms with E-state index in [0.717, 1.165) is 18.7 Å². The molecule has 0 bridgehead atoms. The zero-order chi connectivity index (χ0) is 21.0. The Morgan fingerprint density at radius 2 is 1.31 bits per heavy atom. The molecule has 1 amide bonds. The van der Waals surface area contributed by atoms with Gasteiger partial charge < -0.3 is 15.4 Å². The fourth-order valence-corrected chi connectivity index (χ4v) is 3.59. The van der Waals surface area contributed by atoms with Gasteiger partial charge in [-0.1, -0.05) is 103 Å². The van der Waals surface area contributed by atoms with Gasteiger partial charge in [-0.25, -0.2) is 0 Å². The molecule has 0 spiro atoms. The van der Waals surface area contributed by atoms with Gasteiger partial charge >= 0.3 is 0 Å². The monoisotopic (exact) mass is 404 g/mol. The molecule has 1 rings (SSSR count). The van der Waals surface area contributed by atoms with E-state index in [1.165, 1.54) is 83.5 Å². The van der Waals surface area contributed by atoms with Crippen LogP contribution < -0.4 is 15.4 Å². The maximum Gasteiger partial charge on any atom is 0.238 e. The van der Waals surface area contributed by atoms with Crippen LogP contribution in [0.1, 0.15) is 96.8 Å². The van der Waals surface area contributed by atoms with Gasteiger partial charge in [0.2, 0.25) is 5.91 Å². The van der Waals surface area contributed by atoms with E-state index in [1.54, 1.807) is 7.11 Å². The van der Waals surface area contributed by atoms with Crippen LogP contribution in [0.5, 0.6) is 5.75 Å². The highest BCUT2D eigenvalue weighted by Crippen LogP contribution is 2.22. The molecule has 4 nitrogen and oxygen atoms in total.